The number of esters is 1. The van der Waals surface area contributed by atoms with E-state index in [4.69, 9.17) is 16.2 Å². The lowest BCUT2D eigenvalue weighted by Gasteiger charge is -2.25. The summed E-state index contributed by atoms with van der Waals surface area (Å²) in [5, 5.41) is 9.31. The number of fused-ring (bicyclic) bond motifs is 1. The van der Waals surface area contributed by atoms with Gasteiger partial charge in [-0.2, -0.15) is 18.3 Å². The van der Waals surface area contributed by atoms with Crippen molar-refractivity contribution in [2.24, 2.45) is 11.5 Å². The summed E-state index contributed by atoms with van der Waals surface area (Å²) in [4.78, 5) is 46.1. The molecule has 0 bridgehead atoms. The molecule has 4 aromatic rings. The Kier molecular flexibility index (Phi) is 10.4. The van der Waals surface area contributed by atoms with E-state index >= 15 is 0 Å². The number of benzene rings is 1. The highest BCUT2D eigenvalue weighted by atomic mass is 19.4. The Balaban J connectivity index is 1.26. The number of aryl methyl sites for hydroxylation is 1. The Hall–Kier alpha value is -5.17. The van der Waals surface area contributed by atoms with Crippen molar-refractivity contribution in [3.63, 3.8) is 0 Å². The molecule has 1 saturated heterocycles. The fourth-order valence-corrected chi connectivity index (χ4v) is 5.59. The number of amides is 2. The van der Waals surface area contributed by atoms with Crippen LogP contribution in [0.3, 0.4) is 0 Å². The average Bonchev–Trinajstić information content (AvgIpc) is 3.76. The second-order valence-corrected chi connectivity index (χ2v) is 11.2. The number of carbonyl (C=O) groups excluding carboxylic acids is 3. The molecule has 1 aliphatic rings. The van der Waals surface area contributed by atoms with Gasteiger partial charge in [0.05, 0.1) is 23.5 Å². The van der Waals surface area contributed by atoms with E-state index in [0.717, 1.165) is 6.20 Å². The zero-order valence-corrected chi connectivity index (χ0v) is 26.1. The van der Waals surface area contributed by atoms with Crippen molar-refractivity contribution in [1.29, 1.82) is 0 Å². The van der Waals surface area contributed by atoms with Crippen LogP contribution in [-0.4, -0.2) is 85.2 Å². The molecule has 1 fully saturated rings. The molecule has 0 radical (unpaired) electrons. The molecular formula is C30H33F5N10O4. The molecule has 6 N–H and O–H groups in total. The van der Waals surface area contributed by atoms with Crippen molar-refractivity contribution in [3.8, 4) is 11.3 Å². The number of nitrogens with one attached hydrogen (secondary N) is 2. The zero-order valence-electron chi connectivity index (χ0n) is 26.1. The first-order valence-electron chi connectivity index (χ1n) is 15.2. The Bertz CT molecular complexity index is 1840. The monoisotopic (exact) mass is 692 g/mol. The molecule has 14 nitrogen and oxygen atoms in total. The van der Waals surface area contributed by atoms with Crippen LogP contribution >= 0.6 is 0 Å². The van der Waals surface area contributed by atoms with Gasteiger partial charge in [0, 0.05) is 49.5 Å². The number of primary amides is 1. The number of rotatable bonds is 12. The Morgan fingerprint density at radius 3 is 2.65 bits per heavy atom. The predicted molar refractivity (Wildman–Crippen MR) is 165 cm³/mol. The quantitative estimate of drug-likeness (QED) is 0.0744. The standard InChI is InChI=1S/C30H33F5N10O4/c1-2-16-12-17(4-5-18(16)27(47)39-7-3-9-43-10-6-20(36)28(43)49-29(48)24(37)46)41-25-26-40-13-21(45(26)11-8-38-25)19-14-44(15-22(31)32)42-23(19)30(33,34)35/h4-5,8,11-14,20,22,28H,2-3,6-7,9-10,15,36H2,1H3,(H2,37,46)(H,38,41)(H,39,47)/t20-,28?/m1/s1. The molecule has 1 aliphatic heterocycles. The van der Waals surface area contributed by atoms with Crippen LogP contribution in [0.1, 0.15) is 41.4 Å². The minimum absolute atomic E-state index is 0.0238. The predicted octanol–water partition coefficient (Wildman–Crippen LogP) is 2.69. The summed E-state index contributed by atoms with van der Waals surface area (Å²) < 4.78 is 74.2. The first-order chi connectivity index (χ1) is 23.3. The van der Waals surface area contributed by atoms with Gasteiger partial charge in [-0.3, -0.25) is 23.6 Å². The number of likely N-dealkylation sites (tertiary alicyclic amines) is 1. The molecule has 0 aliphatic carbocycles. The van der Waals surface area contributed by atoms with Gasteiger partial charge in [0.25, 0.3) is 12.3 Å². The molecule has 2 atom stereocenters. The number of anilines is 2. The minimum Gasteiger partial charge on any atom is -0.438 e. The molecule has 3 aromatic heterocycles. The molecule has 5 rings (SSSR count). The third kappa shape index (κ3) is 7.94. The van der Waals surface area contributed by atoms with E-state index in [1.807, 2.05) is 11.8 Å². The molecule has 0 saturated carbocycles. The van der Waals surface area contributed by atoms with Crippen LogP contribution in [0, 0.1) is 0 Å². The van der Waals surface area contributed by atoms with Crippen molar-refractivity contribution >= 4 is 34.9 Å². The van der Waals surface area contributed by atoms with E-state index in [1.54, 1.807) is 18.2 Å². The number of aromatic nitrogens is 5. The maximum Gasteiger partial charge on any atom is 0.435 e. The molecular weight excluding hydrogens is 659 g/mol. The first kappa shape index (κ1) is 35.1. The SMILES string of the molecule is CCc1cc(Nc2nccn3c(-c4cn(CC(F)F)nc4C(F)(F)F)cnc23)ccc1C(=O)NCCCN1CC[C@@H](N)C1OC(=O)C(N)=O. The highest BCUT2D eigenvalue weighted by Crippen LogP contribution is 2.37. The van der Waals surface area contributed by atoms with Crippen molar-refractivity contribution in [3.05, 3.63) is 59.8 Å². The lowest BCUT2D eigenvalue weighted by molar-refractivity contribution is -0.164. The highest BCUT2D eigenvalue weighted by Gasteiger charge is 2.39. The number of imidazole rings is 1. The van der Waals surface area contributed by atoms with Crippen LogP contribution in [0.5, 0.6) is 0 Å². The maximum atomic E-state index is 13.8. The van der Waals surface area contributed by atoms with Gasteiger partial charge in [-0.1, -0.05) is 6.92 Å². The molecule has 2 amide bonds. The summed E-state index contributed by atoms with van der Waals surface area (Å²) in [5.41, 5.74) is 11.0. The molecule has 0 spiro atoms. The van der Waals surface area contributed by atoms with Crippen LogP contribution in [-0.2, 0) is 33.5 Å². The van der Waals surface area contributed by atoms with Gasteiger partial charge in [-0.15, -0.1) is 0 Å². The van der Waals surface area contributed by atoms with Gasteiger partial charge in [-0.05, 0) is 43.0 Å². The van der Waals surface area contributed by atoms with E-state index in [9.17, 15) is 36.3 Å². The summed E-state index contributed by atoms with van der Waals surface area (Å²) in [6, 6.07) is 4.54. The average molecular weight is 693 g/mol. The van der Waals surface area contributed by atoms with Crippen molar-refractivity contribution in [2.45, 2.75) is 57.6 Å². The van der Waals surface area contributed by atoms with Crippen LogP contribution in [0.25, 0.3) is 16.9 Å². The highest BCUT2D eigenvalue weighted by molar-refractivity contribution is 6.31. The third-order valence-corrected chi connectivity index (χ3v) is 7.87. The van der Waals surface area contributed by atoms with Gasteiger partial charge in [0.1, 0.15) is 6.54 Å². The molecule has 262 valence electrons. The molecule has 4 heterocycles. The van der Waals surface area contributed by atoms with Gasteiger partial charge in [0.15, 0.2) is 23.4 Å². The number of carbonyl (C=O) groups is 3. The summed E-state index contributed by atoms with van der Waals surface area (Å²) in [6.45, 7) is 2.15. The maximum absolute atomic E-state index is 13.8. The zero-order chi connectivity index (χ0) is 35.5. The number of alkyl halides is 5. The summed E-state index contributed by atoms with van der Waals surface area (Å²) in [7, 11) is 0. The number of halogens is 5. The Morgan fingerprint density at radius 2 is 1.96 bits per heavy atom. The summed E-state index contributed by atoms with van der Waals surface area (Å²) in [6.07, 6.45) is -2.21. The molecule has 19 heteroatoms. The lowest BCUT2D eigenvalue weighted by atomic mass is 10.0. The second-order valence-electron chi connectivity index (χ2n) is 11.2. The Morgan fingerprint density at radius 1 is 1.18 bits per heavy atom. The van der Waals surface area contributed by atoms with Crippen LogP contribution in [0.15, 0.2) is 43.0 Å². The third-order valence-electron chi connectivity index (χ3n) is 7.87. The fraction of sp³-hybridized carbons (Fsp3) is 0.400. The van der Waals surface area contributed by atoms with Crippen molar-refractivity contribution in [1.82, 2.24) is 34.4 Å². The molecule has 1 aromatic carbocycles. The van der Waals surface area contributed by atoms with Crippen molar-refractivity contribution in [2.75, 3.05) is 25.0 Å². The van der Waals surface area contributed by atoms with Gasteiger partial charge < -0.3 is 26.8 Å². The lowest BCUT2D eigenvalue weighted by Crippen LogP contribution is -2.45. The normalized spacial score (nSPS) is 16.7. The number of ether oxygens (including phenoxy) is 1. The van der Waals surface area contributed by atoms with Crippen LogP contribution < -0.4 is 22.1 Å². The van der Waals surface area contributed by atoms with Gasteiger partial charge in [0.2, 0.25) is 0 Å². The topological polar surface area (TPSA) is 188 Å². The number of nitrogens with two attached hydrogens (primary N) is 2. The van der Waals surface area contributed by atoms with Gasteiger partial charge >= 0.3 is 18.1 Å². The molecule has 49 heavy (non-hydrogen) atoms. The van der Waals surface area contributed by atoms with E-state index in [1.165, 1.54) is 23.0 Å². The van der Waals surface area contributed by atoms with Crippen LogP contribution in [0.4, 0.5) is 33.5 Å². The van der Waals surface area contributed by atoms with Gasteiger partial charge in [-0.25, -0.2) is 23.5 Å². The number of nitrogens with zero attached hydrogens (tertiary/aromatic N) is 6. The van der Waals surface area contributed by atoms with E-state index in [-0.39, 0.29) is 23.1 Å². The van der Waals surface area contributed by atoms with Crippen LogP contribution in [0.2, 0.25) is 0 Å². The summed E-state index contributed by atoms with van der Waals surface area (Å²) >= 11 is 0. The molecule has 1 unspecified atom stereocenters. The van der Waals surface area contributed by atoms with E-state index < -0.39 is 54.6 Å². The minimum atomic E-state index is -4.90. The number of hydrogen-bond acceptors (Lipinski definition) is 10. The van der Waals surface area contributed by atoms with E-state index in [2.05, 4.69) is 25.7 Å². The second kappa shape index (κ2) is 14.5. The first-order valence-corrected chi connectivity index (χ1v) is 15.2. The Labute approximate surface area is 275 Å². The van der Waals surface area contributed by atoms with E-state index in [0.29, 0.717) is 60.4 Å². The fourth-order valence-electron chi connectivity index (χ4n) is 5.59. The van der Waals surface area contributed by atoms with Crippen molar-refractivity contribution < 1.29 is 41.1 Å². The smallest absolute Gasteiger partial charge is 0.435 e. The number of hydrogen-bond donors (Lipinski definition) is 4. The summed E-state index contributed by atoms with van der Waals surface area (Å²) in [5.74, 6) is -2.49. The largest absolute Gasteiger partial charge is 0.438 e.